The quantitative estimate of drug-likeness (QED) is 0.532. The molecule has 0 aromatic heterocycles. The summed E-state index contributed by atoms with van der Waals surface area (Å²) in [5, 5.41) is 33.4. The summed E-state index contributed by atoms with van der Waals surface area (Å²) in [6.07, 6.45) is -0.619. The summed E-state index contributed by atoms with van der Waals surface area (Å²) in [7, 11) is 0. The molecule has 0 saturated carbocycles. The molecule has 16 heavy (non-hydrogen) atoms. The van der Waals surface area contributed by atoms with Crippen LogP contribution in [0.25, 0.3) is 0 Å². The van der Waals surface area contributed by atoms with Gasteiger partial charge in [0.15, 0.2) is 0 Å². The molecule has 0 spiro atoms. The first kappa shape index (κ1) is 17.3. The zero-order chi connectivity index (χ0) is 13.1. The van der Waals surface area contributed by atoms with Crippen LogP contribution < -0.4 is 0 Å². The van der Waals surface area contributed by atoms with Crippen molar-refractivity contribution in [1.29, 1.82) is 0 Å². The molecule has 0 saturated heterocycles. The van der Waals surface area contributed by atoms with E-state index in [1.54, 1.807) is 13.8 Å². The maximum atomic E-state index is 9.81. The Bertz CT molecular complexity index is 181. The predicted molar refractivity (Wildman–Crippen MR) is 57.1 cm³/mol. The summed E-state index contributed by atoms with van der Waals surface area (Å²) in [6, 6.07) is 0. The molecule has 4 N–H and O–H groups in total. The van der Waals surface area contributed by atoms with Gasteiger partial charge in [-0.3, -0.25) is 9.59 Å². The molecular formula is C10H20O6. The second-order valence-corrected chi connectivity index (χ2v) is 3.32. The van der Waals surface area contributed by atoms with Gasteiger partial charge < -0.3 is 20.4 Å². The summed E-state index contributed by atoms with van der Waals surface area (Å²) >= 11 is 0. The lowest BCUT2D eigenvalue weighted by Gasteiger charge is -2.00. The van der Waals surface area contributed by atoms with Crippen molar-refractivity contribution in [3.63, 3.8) is 0 Å². The molecule has 6 nitrogen and oxygen atoms in total. The first-order valence-corrected chi connectivity index (χ1v) is 5.13. The number of carboxylic acid groups (broad SMARTS) is 2. The molecule has 0 amide bonds. The molecule has 0 aromatic carbocycles. The van der Waals surface area contributed by atoms with Crippen molar-refractivity contribution < 1.29 is 30.0 Å². The molecular weight excluding hydrogens is 216 g/mol. The molecule has 0 aromatic rings. The van der Waals surface area contributed by atoms with Crippen LogP contribution in [-0.2, 0) is 9.59 Å². The van der Waals surface area contributed by atoms with E-state index in [0.717, 1.165) is 0 Å². The molecule has 0 heterocycles. The van der Waals surface area contributed by atoms with E-state index in [1.807, 2.05) is 0 Å². The predicted octanol–water partition coefficient (Wildman–Crippen LogP) is 0.464. The van der Waals surface area contributed by atoms with Crippen molar-refractivity contribution >= 4 is 11.9 Å². The number of rotatable bonds is 6. The fourth-order valence-electron chi connectivity index (χ4n) is 0.692. The van der Waals surface area contributed by atoms with Crippen molar-refractivity contribution in [2.45, 2.75) is 51.7 Å². The lowest BCUT2D eigenvalue weighted by molar-refractivity contribution is -0.140. The van der Waals surface area contributed by atoms with Crippen molar-refractivity contribution in [2.24, 2.45) is 0 Å². The second kappa shape index (κ2) is 10.4. The summed E-state index contributed by atoms with van der Waals surface area (Å²) < 4.78 is 0. The maximum Gasteiger partial charge on any atom is 0.305 e. The fourth-order valence-corrected chi connectivity index (χ4v) is 0.692. The Morgan fingerprint density at radius 3 is 1.19 bits per heavy atom. The van der Waals surface area contributed by atoms with Gasteiger partial charge in [-0.15, -0.1) is 0 Å². The molecule has 0 bridgehead atoms. The first-order valence-electron chi connectivity index (χ1n) is 5.13. The van der Waals surface area contributed by atoms with Gasteiger partial charge in [0.2, 0.25) is 0 Å². The Morgan fingerprint density at radius 2 is 1.12 bits per heavy atom. The van der Waals surface area contributed by atoms with Crippen LogP contribution in [-0.4, -0.2) is 44.6 Å². The van der Waals surface area contributed by atoms with Crippen molar-refractivity contribution in [1.82, 2.24) is 0 Å². The number of hydrogen-bond donors (Lipinski definition) is 4. The zero-order valence-corrected chi connectivity index (χ0v) is 9.59. The van der Waals surface area contributed by atoms with E-state index in [0.29, 0.717) is 12.8 Å². The average molecular weight is 236 g/mol. The molecule has 96 valence electrons. The standard InChI is InChI=1S/2C5H10O3/c2*1-2-4(6)3-5(7)8/h2*4,6H,2-3H2,1H3,(H,7,8). The number of aliphatic hydroxyl groups excluding tert-OH is 2. The molecule has 2 atom stereocenters. The van der Waals surface area contributed by atoms with Gasteiger partial charge in [0.25, 0.3) is 0 Å². The molecule has 2 unspecified atom stereocenters. The Hall–Kier alpha value is -1.14. The van der Waals surface area contributed by atoms with Gasteiger partial charge in [0.05, 0.1) is 25.0 Å². The number of aliphatic hydroxyl groups is 2. The monoisotopic (exact) mass is 236 g/mol. The second-order valence-electron chi connectivity index (χ2n) is 3.32. The average Bonchev–Trinajstić information content (AvgIpc) is 2.16. The number of hydrogen-bond acceptors (Lipinski definition) is 4. The van der Waals surface area contributed by atoms with Gasteiger partial charge >= 0.3 is 11.9 Å². The van der Waals surface area contributed by atoms with Gasteiger partial charge in [-0.05, 0) is 12.8 Å². The molecule has 0 radical (unpaired) electrons. The summed E-state index contributed by atoms with van der Waals surface area (Å²) in [5.74, 6) is -1.89. The highest BCUT2D eigenvalue weighted by Gasteiger charge is 2.05. The normalized spacial score (nSPS) is 13.2. The number of aliphatic carboxylic acids is 2. The molecule has 0 aliphatic carbocycles. The molecule has 0 fully saturated rings. The van der Waals surface area contributed by atoms with E-state index in [9.17, 15) is 9.59 Å². The molecule has 6 heteroatoms. The van der Waals surface area contributed by atoms with Gasteiger partial charge in [0.1, 0.15) is 0 Å². The van der Waals surface area contributed by atoms with Crippen LogP contribution in [0.2, 0.25) is 0 Å². The minimum absolute atomic E-state index is 0.142. The minimum atomic E-state index is -0.945. The van der Waals surface area contributed by atoms with E-state index in [1.165, 1.54) is 0 Å². The summed E-state index contributed by atoms with van der Waals surface area (Å²) in [4.78, 5) is 19.6. The Balaban J connectivity index is 0. The lowest BCUT2D eigenvalue weighted by Crippen LogP contribution is -2.10. The fraction of sp³-hybridized carbons (Fsp3) is 0.800. The first-order chi connectivity index (χ1) is 7.33. The molecule has 0 aliphatic heterocycles. The van der Waals surface area contributed by atoms with E-state index in [-0.39, 0.29) is 12.8 Å². The topological polar surface area (TPSA) is 115 Å². The smallest absolute Gasteiger partial charge is 0.305 e. The largest absolute Gasteiger partial charge is 0.481 e. The van der Waals surface area contributed by atoms with Crippen molar-refractivity contribution in [3.8, 4) is 0 Å². The Labute approximate surface area is 94.5 Å². The third-order valence-electron chi connectivity index (χ3n) is 1.76. The van der Waals surface area contributed by atoms with E-state index >= 15 is 0 Å². The lowest BCUT2D eigenvalue weighted by atomic mass is 10.2. The highest BCUT2D eigenvalue weighted by Crippen LogP contribution is 1.95. The van der Waals surface area contributed by atoms with Crippen molar-refractivity contribution in [2.75, 3.05) is 0 Å². The molecule has 0 rings (SSSR count). The third kappa shape index (κ3) is 15.3. The highest BCUT2D eigenvalue weighted by atomic mass is 16.4. The van der Waals surface area contributed by atoms with Crippen LogP contribution in [0.3, 0.4) is 0 Å². The van der Waals surface area contributed by atoms with Crippen LogP contribution in [0.1, 0.15) is 39.5 Å². The SMILES string of the molecule is CCC(O)CC(=O)O.CCC(O)CC(=O)O. The van der Waals surface area contributed by atoms with Crippen LogP contribution in [0.4, 0.5) is 0 Å². The Morgan fingerprint density at radius 1 is 0.875 bits per heavy atom. The van der Waals surface area contributed by atoms with E-state index in [2.05, 4.69) is 0 Å². The highest BCUT2D eigenvalue weighted by molar-refractivity contribution is 5.67. The van der Waals surface area contributed by atoms with E-state index < -0.39 is 24.1 Å². The molecule has 0 aliphatic rings. The Kier molecular flexibility index (Phi) is 11.2. The van der Waals surface area contributed by atoms with Crippen LogP contribution >= 0.6 is 0 Å². The van der Waals surface area contributed by atoms with Gasteiger partial charge in [-0.25, -0.2) is 0 Å². The third-order valence-corrected chi connectivity index (χ3v) is 1.76. The van der Waals surface area contributed by atoms with Gasteiger partial charge in [-0.2, -0.15) is 0 Å². The maximum absolute atomic E-state index is 9.81. The van der Waals surface area contributed by atoms with Gasteiger partial charge in [0, 0.05) is 0 Å². The zero-order valence-electron chi connectivity index (χ0n) is 9.59. The number of carboxylic acids is 2. The van der Waals surface area contributed by atoms with E-state index in [4.69, 9.17) is 20.4 Å². The summed E-state index contributed by atoms with van der Waals surface area (Å²) in [5.41, 5.74) is 0. The minimum Gasteiger partial charge on any atom is -0.481 e. The van der Waals surface area contributed by atoms with Crippen LogP contribution in [0.5, 0.6) is 0 Å². The summed E-state index contributed by atoms with van der Waals surface area (Å²) in [6.45, 7) is 3.49. The van der Waals surface area contributed by atoms with Crippen molar-refractivity contribution in [3.05, 3.63) is 0 Å². The van der Waals surface area contributed by atoms with Gasteiger partial charge in [-0.1, -0.05) is 13.8 Å². The van der Waals surface area contributed by atoms with Crippen LogP contribution in [0.15, 0.2) is 0 Å². The van der Waals surface area contributed by atoms with Crippen LogP contribution in [0, 0.1) is 0 Å². The number of carbonyl (C=O) groups is 2.